The lowest BCUT2D eigenvalue weighted by Crippen LogP contribution is -2.42. The van der Waals surface area contributed by atoms with Gasteiger partial charge in [-0.3, -0.25) is 18.9 Å². The molecule has 0 saturated carbocycles. The van der Waals surface area contributed by atoms with Gasteiger partial charge in [-0.25, -0.2) is 4.98 Å². The minimum Gasteiger partial charge on any atom is -0.379 e. The Morgan fingerprint density at radius 1 is 1.39 bits per heavy atom. The maximum absolute atomic E-state index is 12.1. The molecule has 0 bridgehead atoms. The number of nitrogens with zero attached hydrogens (tertiary/aromatic N) is 3. The summed E-state index contributed by atoms with van der Waals surface area (Å²) in [7, 11) is 0. The zero-order valence-corrected chi connectivity index (χ0v) is 13.5. The number of nitrogens with one attached hydrogen (secondary N) is 2. The molecule has 124 valence electrons. The average Bonchev–Trinajstić information content (AvgIpc) is 3.05. The molecular formula is C14H19N5O3S. The number of aromatic nitrogens is 2. The van der Waals surface area contributed by atoms with Crippen molar-refractivity contribution in [2.75, 3.05) is 51.3 Å². The van der Waals surface area contributed by atoms with Gasteiger partial charge in [0.15, 0.2) is 4.96 Å². The fourth-order valence-electron chi connectivity index (χ4n) is 2.36. The maximum Gasteiger partial charge on any atom is 0.281 e. The molecule has 23 heavy (non-hydrogen) atoms. The van der Waals surface area contributed by atoms with Gasteiger partial charge in [-0.1, -0.05) is 0 Å². The first-order valence-electron chi connectivity index (χ1n) is 7.49. The quantitative estimate of drug-likeness (QED) is 0.747. The van der Waals surface area contributed by atoms with Gasteiger partial charge in [0, 0.05) is 37.8 Å². The largest absolute Gasteiger partial charge is 0.379 e. The first-order valence-corrected chi connectivity index (χ1v) is 8.37. The Bertz CT molecular complexity index is 723. The summed E-state index contributed by atoms with van der Waals surface area (Å²) >= 11 is 1.39. The van der Waals surface area contributed by atoms with Crippen LogP contribution in [0, 0.1) is 0 Å². The molecule has 0 atom stereocenters. The number of hydrogen-bond acceptors (Lipinski definition) is 7. The number of thiazole rings is 1. The first kappa shape index (κ1) is 15.9. The van der Waals surface area contributed by atoms with Crippen LogP contribution in [0.1, 0.15) is 0 Å². The van der Waals surface area contributed by atoms with Crippen LogP contribution in [0.15, 0.2) is 22.6 Å². The molecule has 0 spiro atoms. The number of anilines is 1. The van der Waals surface area contributed by atoms with Gasteiger partial charge in [0.25, 0.3) is 5.56 Å². The Kier molecular flexibility index (Phi) is 5.21. The number of carbonyl (C=O) groups excluding carboxylic acids is 1. The molecular weight excluding hydrogens is 318 g/mol. The van der Waals surface area contributed by atoms with Gasteiger partial charge in [-0.2, -0.15) is 0 Å². The van der Waals surface area contributed by atoms with E-state index in [2.05, 4.69) is 20.5 Å². The molecule has 3 rings (SSSR count). The number of carbonyl (C=O) groups is 1. The van der Waals surface area contributed by atoms with E-state index in [9.17, 15) is 9.59 Å². The van der Waals surface area contributed by atoms with Gasteiger partial charge >= 0.3 is 0 Å². The van der Waals surface area contributed by atoms with E-state index in [0.29, 0.717) is 17.2 Å². The van der Waals surface area contributed by atoms with Crippen LogP contribution in [-0.2, 0) is 9.53 Å². The van der Waals surface area contributed by atoms with Gasteiger partial charge in [0.1, 0.15) is 5.69 Å². The van der Waals surface area contributed by atoms with Crippen molar-refractivity contribution in [2.45, 2.75) is 0 Å². The normalized spacial score (nSPS) is 15.7. The Morgan fingerprint density at radius 3 is 3.04 bits per heavy atom. The number of rotatable bonds is 6. The summed E-state index contributed by atoms with van der Waals surface area (Å²) in [5.74, 6) is -0.145. The van der Waals surface area contributed by atoms with Crippen LogP contribution in [0.3, 0.4) is 0 Å². The fraction of sp³-hybridized carbons (Fsp3) is 0.500. The third kappa shape index (κ3) is 4.06. The third-order valence-electron chi connectivity index (χ3n) is 3.64. The molecule has 2 aromatic heterocycles. The van der Waals surface area contributed by atoms with Crippen molar-refractivity contribution in [3.63, 3.8) is 0 Å². The SMILES string of the molecule is O=C(CNc1cnc2sccn2c1=O)NCCN1CCOCC1. The van der Waals surface area contributed by atoms with Gasteiger partial charge in [-0.05, 0) is 0 Å². The topological polar surface area (TPSA) is 88.0 Å². The van der Waals surface area contributed by atoms with E-state index >= 15 is 0 Å². The molecule has 0 aliphatic carbocycles. The Labute approximate surface area is 137 Å². The predicted octanol–water partition coefficient (Wildman–Crippen LogP) is -0.384. The number of hydrogen-bond donors (Lipinski definition) is 2. The van der Waals surface area contributed by atoms with E-state index < -0.39 is 0 Å². The van der Waals surface area contributed by atoms with Crippen LogP contribution >= 0.6 is 11.3 Å². The number of amides is 1. The van der Waals surface area contributed by atoms with E-state index in [4.69, 9.17) is 4.74 Å². The van der Waals surface area contributed by atoms with Crippen molar-refractivity contribution < 1.29 is 9.53 Å². The highest BCUT2D eigenvalue weighted by atomic mass is 32.1. The van der Waals surface area contributed by atoms with Crippen LogP contribution in [0.2, 0.25) is 0 Å². The molecule has 8 nitrogen and oxygen atoms in total. The average molecular weight is 337 g/mol. The zero-order chi connectivity index (χ0) is 16.1. The summed E-state index contributed by atoms with van der Waals surface area (Å²) in [4.78, 5) is 31.0. The summed E-state index contributed by atoms with van der Waals surface area (Å²) < 4.78 is 6.74. The molecule has 2 N–H and O–H groups in total. The van der Waals surface area contributed by atoms with Crippen LogP contribution in [0.5, 0.6) is 0 Å². The van der Waals surface area contributed by atoms with Crippen molar-refractivity contribution in [2.24, 2.45) is 0 Å². The fourth-order valence-corrected chi connectivity index (χ4v) is 3.04. The second-order valence-electron chi connectivity index (χ2n) is 5.19. The lowest BCUT2D eigenvalue weighted by Gasteiger charge is -2.26. The first-order chi connectivity index (χ1) is 11.2. The number of fused-ring (bicyclic) bond motifs is 1. The molecule has 9 heteroatoms. The molecule has 1 fully saturated rings. The third-order valence-corrected chi connectivity index (χ3v) is 4.41. The monoisotopic (exact) mass is 337 g/mol. The molecule has 0 radical (unpaired) electrons. The molecule has 1 amide bonds. The number of ether oxygens (including phenoxy) is 1. The predicted molar refractivity (Wildman–Crippen MR) is 88.1 cm³/mol. The van der Waals surface area contributed by atoms with Gasteiger partial charge < -0.3 is 15.4 Å². The smallest absolute Gasteiger partial charge is 0.281 e. The highest BCUT2D eigenvalue weighted by Gasteiger charge is 2.11. The van der Waals surface area contributed by atoms with E-state index in [1.165, 1.54) is 21.9 Å². The minimum absolute atomic E-state index is 0.0518. The number of morpholine rings is 1. The molecule has 1 aliphatic heterocycles. The van der Waals surface area contributed by atoms with Crippen molar-refractivity contribution in [3.05, 3.63) is 28.1 Å². The second-order valence-corrected chi connectivity index (χ2v) is 6.06. The highest BCUT2D eigenvalue weighted by molar-refractivity contribution is 7.15. The van der Waals surface area contributed by atoms with Gasteiger partial charge in [0.2, 0.25) is 5.91 Å². The van der Waals surface area contributed by atoms with Crippen molar-refractivity contribution in [1.82, 2.24) is 19.6 Å². The van der Waals surface area contributed by atoms with Crippen LogP contribution in [-0.4, -0.2) is 66.1 Å². The summed E-state index contributed by atoms with van der Waals surface area (Å²) in [6.45, 7) is 4.74. The van der Waals surface area contributed by atoms with E-state index in [-0.39, 0.29) is 18.0 Å². The maximum atomic E-state index is 12.1. The summed E-state index contributed by atoms with van der Waals surface area (Å²) in [5.41, 5.74) is 0.126. The van der Waals surface area contributed by atoms with Crippen molar-refractivity contribution in [1.29, 1.82) is 0 Å². The molecule has 0 unspecified atom stereocenters. The van der Waals surface area contributed by atoms with E-state index in [0.717, 1.165) is 32.8 Å². The summed E-state index contributed by atoms with van der Waals surface area (Å²) in [5, 5.41) is 7.48. The molecule has 1 aliphatic rings. The summed E-state index contributed by atoms with van der Waals surface area (Å²) in [6.07, 6.45) is 3.14. The molecule has 0 aromatic carbocycles. The Hall–Kier alpha value is -1.97. The molecule has 2 aromatic rings. The van der Waals surface area contributed by atoms with Crippen molar-refractivity contribution in [3.8, 4) is 0 Å². The zero-order valence-electron chi connectivity index (χ0n) is 12.7. The van der Waals surface area contributed by atoms with Crippen LogP contribution < -0.4 is 16.2 Å². The van der Waals surface area contributed by atoms with Crippen LogP contribution in [0.25, 0.3) is 4.96 Å². The lowest BCUT2D eigenvalue weighted by molar-refractivity contribution is -0.119. The van der Waals surface area contributed by atoms with Gasteiger partial charge in [-0.15, -0.1) is 11.3 Å². The van der Waals surface area contributed by atoms with Crippen molar-refractivity contribution >= 4 is 27.9 Å². The molecule has 1 saturated heterocycles. The summed E-state index contributed by atoms with van der Waals surface area (Å²) in [6, 6.07) is 0. The van der Waals surface area contributed by atoms with E-state index in [1.54, 1.807) is 11.6 Å². The Balaban J connectivity index is 1.44. The Morgan fingerprint density at radius 2 is 2.22 bits per heavy atom. The van der Waals surface area contributed by atoms with Crippen LogP contribution in [0.4, 0.5) is 5.69 Å². The standard InChI is InChI=1S/C14H19N5O3S/c20-12(15-1-2-18-3-6-22-7-4-18)10-16-11-9-17-14-19(13(11)21)5-8-23-14/h5,8-9,16H,1-4,6-7,10H2,(H,15,20). The molecule has 3 heterocycles. The van der Waals surface area contributed by atoms with Gasteiger partial charge in [0.05, 0.1) is 26.0 Å². The second kappa shape index (κ2) is 7.53. The highest BCUT2D eigenvalue weighted by Crippen LogP contribution is 2.07. The van der Waals surface area contributed by atoms with E-state index in [1.807, 2.05) is 0 Å². The minimum atomic E-state index is -0.197. The lowest BCUT2D eigenvalue weighted by atomic mass is 10.4.